The lowest BCUT2D eigenvalue weighted by Gasteiger charge is -2.04. The highest BCUT2D eigenvalue weighted by Gasteiger charge is 2.12. The number of carbonyl (C=O) groups is 1. The average molecular weight is 273 g/mol. The Balaban J connectivity index is 1.82. The summed E-state index contributed by atoms with van der Waals surface area (Å²) < 4.78 is 5.15. The Kier molecular flexibility index (Phi) is 2.82. The molecule has 3 rings (SSSR count). The fraction of sp³-hybridized carbons (Fsp3) is 0.167. The fourth-order valence-electron chi connectivity index (χ4n) is 1.91. The standard InChI is InChI=1S/C12H11N5O3/c1-6-10-9(20-17-6)2-3-13-11(10)14-5-7-4-8(12(18)19)16-15-7/h2-4H,5H2,1H3,(H,13,14)(H,15,16)(H,18,19). The number of nitrogens with one attached hydrogen (secondary N) is 2. The summed E-state index contributed by atoms with van der Waals surface area (Å²) in [6.07, 6.45) is 1.62. The molecular weight excluding hydrogens is 262 g/mol. The summed E-state index contributed by atoms with van der Waals surface area (Å²) in [4.78, 5) is 15.0. The third kappa shape index (κ3) is 2.07. The predicted octanol–water partition coefficient (Wildman–Crippen LogP) is 1.56. The molecule has 0 aliphatic carbocycles. The van der Waals surface area contributed by atoms with Crippen LogP contribution in [0.5, 0.6) is 0 Å². The number of aromatic amines is 1. The maximum atomic E-state index is 10.7. The number of rotatable bonds is 4. The minimum absolute atomic E-state index is 0.0193. The molecule has 8 nitrogen and oxygen atoms in total. The van der Waals surface area contributed by atoms with Crippen molar-refractivity contribution >= 4 is 22.8 Å². The van der Waals surface area contributed by atoms with Gasteiger partial charge >= 0.3 is 5.97 Å². The van der Waals surface area contributed by atoms with E-state index in [0.717, 1.165) is 11.1 Å². The zero-order valence-corrected chi connectivity index (χ0v) is 10.5. The first-order valence-electron chi connectivity index (χ1n) is 5.87. The average Bonchev–Trinajstić information content (AvgIpc) is 3.04. The van der Waals surface area contributed by atoms with Crippen molar-refractivity contribution in [2.45, 2.75) is 13.5 Å². The Morgan fingerprint density at radius 3 is 3.15 bits per heavy atom. The molecule has 0 amide bonds. The Labute approximate surface area is 112 Å². The van der Waals surface area contributed by atoms with Gasteiger partial charge in [0.2, 0.25) is 0 Å². The van der Waals surface area contributed by atoms with E-state index in [2.05, 4.69) is 25.7 Å². The molecular formula is C12H11N5O3. The smallest absolute Gasteiger partial charge is 0.356 e. The largest absolute Gasteiger partial charge is 0.476 e. The maximum absolute atomic E-state index is 10.7. The number of hydrogen-bond donors (Lipinski definition) is 3. The van der Waals surface area contributed by atoms with E-state index >= 15 is 0 Å². The van der Waals surface area contributed by atoms with E-state index in [0.29, 0.717) is 23.6 Å². The molecule has 3 heterocycles. The van der Waals surface area contributed by atoms with Crippen molar-refractivity contribution in [1.82, 2.24) is 20.3 Å². The van der Waals surface area contributed by atoms with Gasteiger partial charge in [0.05, 0.1) is 23.3 Å². The summed E-state index contributed by atoms with van der Waals surface area (Å²) in [6, 6.07) is 3.20. The Morgan fingerprint density at radius 1 is 1.55 bits per heavy atom. The van der Waals surface area contributed by atoms with Crippen LogP contribution in [0.2, 0.25) is 0 Å². The second-order valence-corrected chi connectivity index (χ2v) is 4.24. The molecule has 0 saturated carbocycles. The molecule has 0 saturated heterocycles. The molecule has 0 atom stereocenters. The van der Waals surface area contributed by atoms with Crippen molar-refractivity contribution in [1.29, 1.82) is 0 Å². The van der Waals surface area contributed by atoms with E-state index in [1.54, 1.807) is 12.3 Å². The number of hydrogen-bond acceptors (Lipinski definition) is 6. The molecule has 0 aliphatic rings. The van der Waals surface area contributed by atoms with Gasteiger partial charge in [0.1, 0.15) is 5.82 Å². The van der Waals surface area contributed by atoms with Crippen LogP contribution in [0.15, 0.2) is 22.9 Å². The molecule has 0 fully saturated rings. The number of anilines is 1. The van der Waals surface area contributed by atoms with Crippen LogP contribution in [0, 0.1) is 6.92 Å². The van der Waals surface area contributed by atoms with Gasteiger partial charge in [-0.25, -0.2) is 9.78 Å². The van der Waals surface area contributed by atoms with Crippen LogP contribution in [-0.4, -0.2) is 31.4 Å². The second kappa shape index (κ2) is 4.65. The topological polar surface area (TPSA) is 117 Å². The van der Waals surface area contributed by atoms with E-state index in [4.69, 9.17) is 9.63 Å². The van der Waals surface area contributed by atoms with E-state index in [-0.39, 0.29) is 5.69 Å². The van der Waals surface area contributed by atoms with Crippen LogP contribution in [-0.2, 0) is 6.54 Å². The third-order valence-electron chi connectivity index (χ3n) is 2.85. The molecule has 20 heavy (non-hydrogen) atoms. The van der Waals surface area contributed by atoms with Crippen LogP contribution in [0.3, 0.4) is 0 Å². The molecule has 0 unspecified atom stereocenters. The summed E-state index contributed by atoms with van der Waals surface area (Å²) in [5.41, 5.74) is 2.02. The van der Waals surface area contributed by atoms with Crippen molar-refractivity contribution in [3.05, 3.63) is 35.4 Å². The van der Waals surface area contributed by atoms with Gasteiger partial charge in [-0.1, -0.05) is 5.16 Å². The van der Waals surface area contributed by atoms with Crippen LogP contribution in [0.1, 0.15) is 21.9 Å². The summed E-state index contributed by atoms with van der Waals surface area (Å²) in [5, 5.41) is 22.9. The first kappa shape index (κ1) is 12.2. The molecule has 0 bridgehead atoms. The molecule has 0 aromatic carbocycles. The molecule has 0 spiro atoms. The molecule has 8 heteroatoms. The Morgan fingerprint density at radius 2 is 2.40 bits per heavy atom. The molecule has 3 aromatic heterocycles. The summed E-state index contributed by atoms with van der Waals surface area (Å²) in [7, 11) is 0. The summed E-state index contributed by atoms with van der Waals surface area (Å²) in [5.74, 6) is -0.435. The molecule has 102 valence electrons. The van der Waals surface area contributed by atoms with Crippen molar-refractivity contribution < 1.29 is 14.4 Å². The lowest BCUT2D eigenvalue weighted by Crippen LogP contribution is -2.02. The van der Waals surface area contributed by atoms with Crippen LogP contribution in [0.25, 0.3) is 11.0 Å². The van der Waals surface area contributed by atoms with Crippen LogP contribution in [0.4, 0.5) is 5.82 Å². The first-order valence-corrected chi connectivity index (χ1v) is 5.87. The SMILES string of the molecule is Cc1noc2ccnc(NCc3cc(C(=O)O)n[nH]3)c12. The highest BCUT2D eigenvalue weighted by Crippen LogP contribution is 2.24. The zero-order chi connectivity index (χ0) is 14.1. The molecule has 0 aliphatic heterocycles. The van der Waals surface area contributed by atoms with Crippen LogP contribution < -0.4 is 5.32 Å². The number of nitrogens with zero attached hydrogens (tertiary/aromatic N) is 3. The van der Waals surface area contributed by atoms with Gasteiger partial charge in [0.15, 0.2) is 11.3 Å². The number of pyridine rings is 1. The number of carboxylic acids is 1. The summed E-state index contributed by atoms with van der Waals surface area (Å²) >= 11 is 0. The van der Waals surface area contributed by atoms with Crippen molar-refractivity contribution in [2.24, 2.45) is 0 Å². The quantitative estimate of drug-likeness (QED) is 0.660. The summed E-state index contributed by atoms with van der Waals surface area (Å²) in [6.45, 7) is 2.20. The van der Waals surface area contributed by atoms with Crippen molar-refractivity contribution in [2.75, 3.05) is 5.32 Å². The third-order valence-corrected chi connectivity index (χ3v) is 2.85. The van der Waals surface area contributed by atoms with Crippen molar-refractivity contribution in [3.8, 4) is 0 Å². The molecule has 3 aromatic rings. The molecule has 0 radical (unpaired) electrons. The Hall–Kier alpha value is -2.90. The van der Waals surface area contributed by atoms with Gasteiger partial charge < -0.3 is 14.9 Å². The van der Waals surface area contributed by atoms with Gasteiger partial charge in [0, 0.05) is 12.3 Å². The van der Waals surface area contributed by atoms with Crippen molar-refractivity contribution in [3.63, 3.8) is 0 Å². The van der Waals surface area contributed by atoms with Gasteiger partial charge in [-0.15, -0.1) is 0 Å². The first-order chi connectivity index (χ1) is 9.65. The number of H-pyrrole nitrogens is 1. The number of fused-ring (bicyclic) bond motifs is 1. The van der Waals surface area contributed by atoms with Gasteiger partial charge in [-0.05, 0) is 13.0 Å². The number of aryl methyl sites for hydroxylation is 1. The highest BCUT2D eigenvalue weighted by molar-refractivity contribution is 5.89. The predicted molar refractivity (Wildman–Crippen MR) is 69.4 cm³/mol. The minimum Gasteiger partial charge on any atom is -0.476 e. The maximum Gasteiger partial charge on any atom is 0.356 e. The molecule has 3 N–H and O–H groups in total. The Bertz CT molecular complexity index is 776. The number of aromatic carboxylic acids is 1. The van der Waals surface area contributed by atoms with Crippen LogP contribution >= 0.6 is 0 Å². The number of carboxylic acid groups (broad SMARTS) is 1. The number of aromatic nitrogens is 4. The minimum atomic E-state index is -1.07. The van der Waals surface area contributed by atoms with E-state index in [1.807, 2.05) is 6.92 Å². The van der Waals surface area contributed by atoms with Gasteiger partial charge in [-0.3, -0.25) is 5.10 Å². The normalized spacial score (nSPS) is 10.8. The van der Waals surface area contributed by atoms with Gasteiger partial charge in [0.25, 0.3) is 0 Å². The zero-order valence-electron chi connectivity index (χ0n) is 10.5. The second-order valence-electron chi connectivity index (χ2n) is 4.24. The lowest BCUT2D eigenvalue weighted by molar-refractivity contribution is 0.0690. The van der Waals surface area contributed by atoms with E-state index in [9.17, 15) is 4.79 Å². The fourth-order valence-corrected chi connectivity index (χ4v) is 1.91. The lowest BCUT2D eigenvalue weighted by atomic mass is 10.2. The van der Waals surface area contributed by atoms with E-state index < -0.39 is 5.97 Å². The van der Waals surface area contributed by atoms with Gasteiger partial charge in [-0.2, -0.15) is 5.10 Å². The van der Waals surface area contributed by atoms with E-state index in [1.165, 1.54) is 6.07 Å². The highest BCUT2D eigenvalue weighted by atomic mass is 16.5. The monoisotopic (exact) mass is 273 g/mol.